The van der Waals surface area contributed by atoms with Gasteiger partial charge in [0.2, 0.25) is 0 Å². The van der Waals surface area contributed by atoms with Crippen LogP contribution in [-0.4, -0.2) is 37.2 Å². The van der Waals surface area contributed by atoms with Crippen LogP contribution in [0.2, 0.25) is 0 Å². The number of ether oxygens (including phenoxy) is 3. The summed E-state index contributed by atoms with van der Waals surface area (Å²) in [4.78, 5) is 38.5. The lowest BCUT2D eigenvalue weighted by Gasteiger charge is -2.18. The van der Waals surface area contributed by atoms with Crippen molar-refractivity contribution in [2.75, 3.05) is 13.2 Å². The van der Waals surface area contributed by atoms with Gasteiger partial charge >= 0.3 is 17.9 Å². The van der Waals surface area contributed by atoms with Crippen molar-refractivity contribution >= 4 is 17.9 Å². The van der Waals surface area contributed by atoms with Crippen molar-refractivity contribution in [2.45, 2.75) is 348 Å². The van der Waals surface area contributed by atoms with E-state index in [0.717, 1.165) is 128 Å². The lowest BCUT2D eigenvalue weighted by Crippen LogP contribution is -2.30. The maximum Gasteiger partial charge on any atom is 0.306 e. The van der Waals surface area contributed by atoms with E-state index in [1.165, 1.54) is 173 Å². The maximum atomic E-state index is 13.0. The van der Waals surface area contributed by atoms with Crippen LogP contribution in [-0.2, 0) is 28.6 Å². The van der Waals surface area contributed by atoms with Gasteiger partial charge in [-0.1, -0.05) is 323 Å². The van der Waals surface area contributed by atoms with Crippen molar-refractivity contribution < 1.29 is 28.6 Å². The summed E-state index contributed by atoms with van der Waals surface area (Å²) in [6.45, 7) is 6.54. The number of hydrogen-bond donors (Lipinski definition) is 0. The van der Waals surface area contributed by atoms with Gasteiger partial charge in [0.05, 0.1) is 0 Å². The van der Waals surface area contributed by atoms with Gasteiger partial charge < -0.3 is 14.2 Å². The topological polar surface area (TPSA) is 78.9 Å². The molecular formula is C77H132O6. The largest absolute Gasteiger partial charge is 0.462 e. The molecular weight excluding hydrogens is 1020 g/mol. The molecule has 476 valence electrons. The summed E-state index contributed by atoms with van der Waals surface area (Å²) in [7, 11) is 0. The van der Waals surface area contributed by atoms with Crippen LogP contribution < -0.4 is 0 Å². The van der Waals surface area contributed by atoms with Crippen LogP contribution in [0.25, 0.3) is 0 Å². The van der Waals surface area contributed by atoms with Crippen molar-refractivity contribution in [1.82, 2.24) is 0 Å². The molecule has 0 spiro atoms. The van der Waals surface area contributed by atoms with Crippen LogP contribution in [0.1, 0.15) is 342 Å². The van der Waals surface area contributed by atoms with Gasteiger partial charge in [-0.15, -0.1) is 0 Å². The Balaban J connectivity index is 4.42. The normalized spacial score (nSPS) is 12.8. The Kier molecular flexibility index (Phi) is 67.2. The number of allylic oxidation sites excluding steroid dienone is 18. The molecule has 0 aliphatic carbocycles. The highest BCUT2D eigenvalue weighted by molar-refractivity contribution is 5.71. The molecule has 0 bridgehead atoms. The molecule has 0 fully saturated rings. The Labute approximate surface area is 514 Å². The highest BCUT2D eigenvalue weighted by Crippen LogP contribution is 2.17. The number of unbranched alkanes of at least 4 members (excludes halogenated alkanes) is 35. The smallest absolute Gasteiger partial charge is 0.306 e. The fourth-order valence-electron chi connectivity index (χ4n) is 9.99. The van der Waals surface area contributed by atoms with E-state index >= 15 is 0 Å². The van der Waals surface area contributed by atoms with E-state index in [2.05, 4.69) is 130 Å². The van der Waals surface area contributed by atoms with Gasteiger partial charge in [0.25, 0.3) is 0 Å². The second-order valence-electron chi connectivity index (χ2n) is 23.4. The molecule has 0 saturated heterocycles. The van der Waals surface area contributed by atoms with E-state index in [1.807, 2.05) is 0 Å². The van der Waals surface area contributed by atoms with Crippen LogP contribution in [0, 0.1) is 0 Å². The highest BCUT2D eigenvalue weighted by atomic mass is 16.6. The number of carbonyl (C=O) groups excluding carboxylic acids is 3. The van der Waals surface area contributed by atoms with Gasteiger partial charge in [0.15, 0.2) is 6.10 Å². The second-order valence-corrected chi connectivity index (χ2v) is 23.4. The Morgan fingerprint density at radius 1 is 0.253 bits per heavy atom. The van der Waals surface area contributed by atoms with Crippen LogP contribution in [0.15, 0.2) is 109 Å². The van der Waals surface area contributed by atoms with Crippen molar-refractivity contribution in [1.29, 1.82) is 0 Å². The average molecular weight is 1150 g/mol. The zero-order valence-electron chi connectivity index (χ0n) is 54.7. The third-order valence-corrected chi connectivity index (χ3v) is 15.3. The Morgan fingerprint density at radius 3 is 0.735 bits per heavy atom. The third kappa shape index (κ3) is 68.7. The maximum absolute atomic E-state index is 13.0. The highest BCUT2D eigenvalue weighted by Gasteiger charge is 2.19. The van der Waals surface area contributed by atoms with Gasteiger partial charge in [-0.05, 0) is 109 Å². The van der Waals surface area contributed by atoms with Crippen LogP contribution in [0.3, 0.4) is 0 Å². The van der Waals surface area contributed by atoms with Gasteiger partial charge in [-0.25, -0.2) is 0 Å². The van der Waals surface area contributed by atoms with Gasteiger partial charge in [-0.2, -0.15) is 0 Å². The molecule has 0 rings (SSSR count). The fourth-order valence-corrected chi connectivity index (χ4v) is 9.99. The molecule has 0 saturated carbocycles. The Bertz CT molecular complexity index is 1660. The first-order valence-corrected chi connectivity index (χ1v) is 35.4. The molecule has 0 N–H and O–H groups in total. The molecule has 83 heavy (non-hydrogen) atoms. The standard InChI is InChI=1S/C77H132O6/c1-4-7-10-13-16-19-22-25-28-31-33-35-37-38-40-41-43-46-49-52-55-58-61-64-67-70-76(79)82-73-74(72-81-75(78)69-66-63-60-57-54-51-48-45-30-27-24-21-18-15-12-9-6-3)83-77(80)71-68-65-62-59-56-53-50-47-44-42-39-36-34-32-29-26-23-20-17-14-11-8-5-2/h7,10,16,19,23,25-26,28,32-35,38-40,42-43,46,74H,4-6,8-9,11-15,17-18,20-22,24,27,29-31,36-37,41,44-45,47-73H2,1-3H3/b10-7-,19-16-,26-23-,28-25-,34-32-,35-33-,40-38-,42-39-,46-43-. The zero-order chi connectivity index (χ0) is 59.9. The van der Waals surface area contributed by atoms with E-state index in [0.29, 0.717) is 19.3 Å². The first-order valence-electron chi connectivity index (χ1n) is 35.4. The molecule has 0 heterocycles. The van der Waals surface area contributed by atoms with E-state index < -0.39 is 6.10 Å². The fraction of sp³-hybridized carbons (Fsp3) is 0.727. The number of carbonyl (C=O) groups is 3. The second kappa shape index (κ2) is 70.6. The summed E-state index contributed by atoms with van der Waals surface area (Å²) >= 11 is 0. The molecule has 0 aliphatic heterocycles. The monoisotopic (exact) mass is 1150 g/mol. The van der Waals surface area contributed by atoms with E-state index in [4.69, 9.17) is 14.2 Å². The Morgan fingerprint density at radius 2 is 0.470 bits per heavy atom. The van der Waals surface area contributed by atoms with Gasteiger partial charge in [0, 0.05) is 19.3 Å². The van der Waals surface area contributed by atoms with Crippen molar-refractivity contribution in [3.63, 3.8) is 0 Å². The molecule has 0 aromatic rings. The quantitative estimate of drug-likeness (QED) is 0.0261. The lowest BCUT2D eigenvalue weighted by molar-refractivity contribution is -0.167. The SMILES string of the molecule is CC/C=C\C/C=C\C/C=C\C/C=C\C/C=C\C/C=C\CCCCCCCCC(=O)OCC(COC(=O)CCCCCCCCCCCCCCCCCCC)OC(=O)CCCCCCCCCC/C=C\C/C=C\C/C=C\CCCCCCC. The van der Waals surface area contributed by atoms with E-state index in [9.17, 15) is 14.4 Å². The van der Waals surface area contributed by atoms with Gasteiger partial charge in [0.1, 0.15) is 13.2 Å². The van der Waals surface area contributed by atoms with Crippen LogP contribution >= 0.6 is 0 Å². The molecule has 0 aromatic carbocycles. The summed E-state index contributed by atoms with van der Waals surface area (Å²) in [5.41, 5.74) is 0. The number of hydrogen-bond acceptors (Lipinski definition) is 6. The summed E-state index contributed by atoms with van der Waals surface area (Å²) < 4.78 is 17.0. The van der Waals surface area contributed by atoms with Crippen LogP contribution in [0.5, 0.6) is 0 Å². The van der Waals surface area contributed by atoms with Gasteiger partial charge in [-0.3, -0.25) is 14.4 Å². The number of esters is 3. The van der Waals surface area contributed by atoms with Crippen molar-refractivity contribution in [3.8, 4) is 0 Å². The molecule has 1 atom stereocenters. The summed E-state index contributed by atoms with van der Waals surface area (Å²) in [6, 6.07) is 0. The summed E-state index contributed by atoms with van der Waals surface area (Å²) in [5, 5.41) is 0. The van der Waals surface area contributed by atoms with Crippen molar-refractivity contribution in [3.05, 3.63) is 109 Å². The van der Waals surface area contributed by atoms with E-state index in [1.54, 1.807) is 0 Å². The first-order chi connectivity index (χ1) is 41.0. The predicted octanol–water partition coefficient (Wildman–Crippen LogP) is 24.6. The molecule has 1 unspecified atom stereocenters. The Hall–Kier alpha value is -3.93. The number of rotatable bonds is 64. The minimum atomic E-state index is -0.791. The van der Waals surface area contributed by atoms with Crippen molar-refractivity contribution in [2.24, 2.45) is 0 Å². The third-order valence-electron chi connectivity index (χ3n) is 15.3. The summed E-state index contributed by atoms with van der Waals surface area (Å²) in [6.07, 6.45) is 96.7. The summed E-state index contributed by atoms with van der Waals surface area (Å²) in [5.74, 6) is -0.891. The predicted molar refractivity (Wildman–Crippen MR) is 362 cm³/mol. The zero-order valence-corrected chi connectivity index (χ0v) is 54.7. The molecule has 6 heteroatoms. The molecule has 6 nitrogen and oxygen atoms in total. The molecule has 0 aliphatic rings. The molecule has 0 radical (unpaired) electrons. The van der Waals surface area contributed by atoms with E-state index in [-0.39, 0.29) is 31.1 Å². The minimum absolute atomic E-state index is 0.0839. The molecule has 0 amide bonds. The lowest BCUT2D eigenvalue weighted by atomic mass is 10.0. The first kappa shape index (κ1) is 79.1. The average Bonchev–Trinajstić information content (AvgIpc) is 3.49. The molecule has 0 aromatic heterocycles. The minimum Gasteiger partial charge on any atom is -0.462 e. The van der Waals surface area contributed by atoms with Crippen LogP contribution in [0.4, 0.5) is 0 Å².